The first-order chi connectivity index (χ1) is 10.2. The van der Waals surface area contributed by atoms with Gasteiger partial charge in [-0.1, -0.05) is 11.8 Å². The fourth-order valence-electron chi connectivity index (χ4n) is 1.61. The van der Waals surface area contributed by atoms with E-state index in [2.05, 4.69) is 10.2 Å². The Balaban J connectivity index is 1.76. The molecule has 0 saturated heterocycles. The number of methoxy groups -OCH3 is 1. The highest BCUT2D eigenvalue weighted by Crippen LogP contribution is 2.27. The number of nitrogens with zero attached hydrogens (tertiary/aromatic N) is 2. The molecule has 0 spiro atoms. The number of carbonyl (C=O) groups is 1. The number of aldehydes is 1. The van der Waals surface area contributed by atoms with Crippen LogP contribution in [0.4, 0.5) is 0 Å². The summed E-state index contributed by atoms with van der Waals surface area (Å²) in [4.78, 5) is 10.7. The monoisotopic (exact) mass is 308 g/mol. The lowest BCUT2D eigenvalue weighted by Gasteiger charge is -2.10. The summed E-state index contributed by atoms with van der Waals surface area (Å²) in [7, 11) is 1.55. The molecule has 21 heavy (non-hydrogen) atoms. The van der Waals surface area contributed by atoms with Crippen LogP contribution in [0.5, 0.6) is 11.5 Å². The first-order valence-electron chi connectivity index (χ1n) is 6.42. The van der Waals surface area contributed by atoms with Crippen molar-refractivity contribution in [3.8, 4) is 11.5 Å². The third-order valence-electron chi connectivity index (χ3n) is 2.60. The molecule has 1 aromatic carbocycles. The molecule has 0 N–H and O–H groups in total. The number of benzene rings is 1. The smallest absolute Gasteiger partial charge is 0.276 e. The molecule has 0 amide bonds. The van der Waals surface area contributed by atoms with E-state index in [0.29, 0.717) is 34.8 Å². The zero-order valence-electron chi connectivity index (χ0n) is 11.9. The van der Waals surface area contributed by atoms with Crippen LogP contribution in [0, 0.1) is 6.92 Å². The molecule has 0 saturated carbocycles. The number of hydrogen-bond acceptors (Lipinski definition) is 7. The molecule has 0 radical (unpaired) electrons. The Morgan fingerprint density at radius 2 is 2.19 bits per heavy atom. The zero-order valence-corrected chi connectivity index (χ0v) is 12.7. The number of thioether (sulfide) groups is 1. The Labute approximate surface area is 126 Å². The molecular formula is C14H16N2O4S. The molecule has 0 bridgehead atoms. The number of aromatic nitrogens is 2. The molecule has 0 aliphatic carbocycles. The third-order valence-corrected chi connectivity index (χ3v) is 3.51. The molecule has 1 heterocycles. The maximum Gasteiger partial charge on any atom is 0.276 e. The van der Waals surface area contributed by atoms with Gasteiger partial charge in [0, 0.05) is 18.2 Å². The van der Waals surface area contributed by atoms with E-state index in [-0.39, 0.29) is 0 Å². The van der Waals surface area contributed by atoms with Crippen LogP contribution in [0.1, 0.15) is 22.7 Å². The van der Waals surface area contributed by atoms with Crippen molar-refractivity contribution in [2.45, 2.75) is 18.6 Å². The summed E-state index contributed by atoms with van der Waals surface area (Å²) in [5, 5.41) is 8.23. The highest BCUT2D eigenvalue weighted by Gasteiger charge is 2.06. The second-order valence-electron chi connectivity index (χ2n) is 4.17. The molecule has 2 rings (SSSR count). The first kappa shape index (κ1) is 15.4. The molecule has 0 atom stereocenters. The minimum absolute atomic E-state index is 0.539. The van der Waals surface area contributed by atoms with Crippen molar-refractivity contribution in [1.29, 1.82) is 0 Å². The van der Waals surface area contributed by atoms with Gasteiger partial charge in [0.2, 0.25) is 5.89 Å². The van der Waals surface area contributed by atoms with Crippen LogP contribution in [0.15, 0.2) is 27.8 Å². The van der Waals surface area contributed by atoms with Gasteiger partial charge < -0.3 is 13.9 Å². The normalized spacial score (nSPS) is 10.4. The summed E-state index contributed by atoms with van der Waals surface area (Å²) in [6.45, 7) is 2.30. The third kappa shape index (κ3) is 4.49. The van der Waals surface area contributed by atoms with Gasteiger partial charge >= 0.3 is 0 Å². The Hall–Kier alpha value is -2.02. The number of rotatable bonds is 8. The highest BCUT2D eigenvalue weighted by molar-refractivity contribution is 7.99. The van der Waals surface area contributed by atoms with Crippen LogP contribution in [0.2, 0.25) is 0 Å². The van der Waals surface area contributed by atoms with E-state index in [9.17, 15) is 4.79 Å². The van der Waals surface area contributed by atoms with E-state index in [1.165, 1.54) is 11.8 Å². The quantitative estimate of drug-likeness (QED) is 0.421. The number of ether oxygens (including phenoxy) is 2. The lowest BCUT2D eigenvalue weighted by Crippen LogP contribution is -2.01. The molecule has 1 aromatic heterocycles. The number of hydrogen-bond donors (Lipinski definition) is 0. The largest absolute Gasteiger partial charge is 0.493 e. The topological polar surface area (TPSA) is 74.5 Å². The molecule has 112 valence electrons. The van der Waals surface area contributed by atoms with Gasteiger partial charge in [-0.05, 0) is 24.6 Å². The summed E-state index contributed by atoms with van der Waals surface area (Å²) in [6.07, 6.45) is 1.60. The molecular weight excluding hydrogens is 292 g/mol. The van der Waals surface area contributed by atoms with Gasteiger partial charge in [-0.25, -0.2) is 0 Å². The lowest BCUT2D eigenvalue weighted by atomic mass is 10.2. The van der Waals surface area contributed by atoms with Gasteiger partial charge in [-0.3, -0.25) is 4.79 Å². The zero-order chi connectivity index (χ0) is 15.1. The second kappa shape index (κ2) is 7.68. The van der Waals surface area contributed by atoms with E-state index in [0.717, 1.165) is 18.5 Å². The van der Waals surface area contributed by atoms with Gasteiger partial charge in [-0.15, -0.1) is 10.2 Å². The fourth-order valence-corrected chi connectivity index (χ4v) is 2.33. The predicted octanol–water partition coefficient (Wildman–Crippen LogP) is 2.76. The minimum atomic E-state index is 0.539. The SMILES string of the molecule is COc1cc(C=O)ccc1OCCCSc1nnc(C)o1. The molecule has 0 aliphatic rings. The number of carbonyl (C=O) groups excluding carboxylic acids is 1. The van der Waals surface area contributed by atoms with Crippen LogP contribution < -0.4 is 9.47 Å². The van der Waals surface area contributed by atoms with E-state index in [1.54, 1.807) is 32.2 Å². The van der Waals surface area contributed by atoms with Gasteiger partial charge in [0.25, 0.3) is 5.22 Å². The van der Waals surface area contributed by atoms with Crippen molar-refractivity contribution in [1.82, 2.24) is 10.2 Å². The molecule has 6 nitrogen and oxygen atoms in total. The summed E-state index contributed by atoms with van der Waals surface area (Å²) in [5.74, 6) is 2.56. The second-order valence-corrected chi connectivity index (χ2v) is 5.21. The van der Waals surface area contributed by atoms with Gasteiger partial charge in [0.1, 0.15) is 6.29 Å². The summed E-state index contributed by atoms with van der Waals surface area (Å²) in [6, 6.07) is 5.08. The van der Waals surface area contributed by atoms with Crippen LogP contribution in [-0.2, 0) is 0 Å². The van der Waals surface area contributed by atoms with E-state index < -0.39 is 0 Å². The first-order valence-corrected chi connectivity index (χ1v) is 7.40. The van der Waals surface area contributed by atoms with E-state index >= 15 is 0 Å². The van der Waals surface area contributed by atoms with Crippen molar-refractivity contribution in [2.24, 2.45) is 0 Å². The maximum atomic E-state index is 10.7. The minimum Gasteiger partial charge on any atom is -0.493 e. The van der Waals surface area contributed by atoms with Gasteiger partial charge in [-0.2, -0.15) is 0 Å². The van der Waals surface area contributed by atoms with Crippen molar-refractivity contribution < 1.29 is 18.7 Å². The summed E-state index contributed by atoms with van der Waals surface area (Å²) >= 11 is 1.49. The molecule has 2 aromatic rings. The predicted molar refractivity (Wildman–Crippen MR) is 78.3 cm³/mol. The Bertz CT molecular complexity index is 600. The molecule has 0 fully saturated rings. The number of aryl methyl sites for hydroxylation is 1. The molecule has 7 heteroatoms. The van der Waals surface area contributed by atoms with Crippen molar-refractivity contribution in [2.75, 3.05) is 19.5 Å². The van der Waals surface area contributed by atoms with Crippen molar-refractivity contribution in [3.63, 3.8) is 0 Å². The van der Waals surface area contributed by atoms with Crippen molar-refractivity contribution in [3.05, 3.63) is 29.7 Å². The lowest BCUT2D eigenvalue weighted by molar-refractivity contribution is 0.112. The highest BCUT2D eigenvalue weighted by atomic mass is 32.2. The van der Waals surface area contributed by atoms with Crippen molar-refractivity contribution >= 4 is 18.0 Å². The maximum absolute atomic E-state index is 10.7. The molecule has 0 aliphatic heterocycles. The summed E-state index contributed by atoms with van der Waals surface area (Å²) < 4.78 is 16.1. The van der Waals surface area contributed by atoms with Crippen LogP contribution in [-0.4, -0.2) is 36.0 Å². The standard InChI is InChI=1S/C14H16N2O4S/c1-10-15-16-14(20-10)21-7-3-6-19-12-5-4-11(9-17)8-13(12)18-2/h4-5,8-9H,3,6-7H2,1-2H3. The van der Waals surface area contributed by atoms with Crippen LogP contribution >= 0.6 is 11.8 Å². The summed E-state index contributed by atoms with van der Waals surface area (Å²) in [5.41, 5.74) is 0.557. The average Bonchev–Trinajstić information content (AvgIpc) is 2.92. The molecule has 0 unspecified atom stereocenters. The Morgan fingerprint density at radius 3 is 2.86 bits per heavy atom. The Kier molecular flexibility index (Phi) is 5.62. The fraction of sp³-hybridized carbons (Fsp3) is 0.357. The van der Waals surface area contributed by atoms with Gasteiger partial charge in [0.15, 0.2) is 11.5 Å². The van der Waals surface area contributed by atoms with Crippen LogP contribution in [0.3, 0.4) is 0 Å². The average molecular weight is 308 g/mol. The Morgan fingerprint density at radius 1 is 1.33 bits per heavy atom. The van der Waals surface area contributed by atoms with Gasteiger partial charge in [0.05, 0.1) is 13.7 Å². The van der Waals surface area contributed by atoms with Crippen LogP contribution in [0.25, 0.3) is 0 Å². The van der Waals surface area contributed by atoms with E-state index in [1.807, 2.05) is 0 Å². The van der Waals surface area contributed by atoms with E-state index in [4.69, 9.17) is 13.9 Å².